The van der Waals surface area contributed by atoms with Gasteiger partial charge >= 0.3 is 6.18 Å². The summed E-state index contributed by atoms with van der Waals surface area (Å²) in [4.78, 5) is 34.5. The van der Waals surface area contributed by atoms with E-state index in [1.165, 1.54) is 35.4 Å². The number of rotatable bonds is 4. The number of carbonyl (C=O) groups excluding carboxylic acids is 2. The summed E-state index contributed by atoms with van der Waals surface area (Å²) in [5.41, 5.74) is -1.18. The van der Waals surface area contributed by atoms with E-state index in [9.17, 15) is 31.5 Å². The second-order valence-corrected chi connectivity index (χ2v) is 9.33. The van der Waals surface area contributed by atoms with Crippen molar-refractivity contribution in [3.8, 4) is 11.4 Å². The van der Waals surface area contributed by atoms with Crippen molar-refractivity contribution in [3.05, 3.63) is 106 Å². The number of nitrogens with one attached hydrogen (secondary N) is 2. The first kappa shape index (κ1) is 26.3. The van der Waals surface area contributed by atoms with Crippen molar-refractivity contribution < 1.29 is 31.5 Å². The van der Waals surface area contributed by atoms with Crippen LogP contribution in [0, 0.1) is 11.6 Å². The number of nitrogens with zero attached hydrogens (tertiary/aromatic N) is 5. The largest absolute Gasteiger partial charge is 0.416 e. The fourth-order valence-electron chi connectivity index (χ4n) is 4.49. The van der Waals surface area contributed by atoms with Gasteiger partial charge in [-0.15, -0.1) is 14.8 Å². The molecule has 0 spiro atoms. The summed E-state index contributed by atoms with van der Waals surface area (Å²) in [5.74, 6) is -3.59. The predicted octanol–water partition coefficient (Wildman–Crippen LogP) is 5.22. The summed E-state index contributed by atoms with van der Waals surface area (Å²) in [5, 5.41) is 13.4. The van der Waals surface area contributed by atoms with Crippen LogP contribution < -0.4 is 10.6 Å². The standard InChI is InChI=1S/C26H13ClF5N7O2/c27-18-2-1-14(28)8-16(18)22-21-17(25(41)37-22)5-11(23-33-9-20-34-10-35-39(20)38-23)6-19(21)36-24(40)12-3-13(26(30,31)32)7-15(29)4-12/h1-10,22H,(H,36,40)(H,37,41). The zero-order chi connectivity index (χ0) is 29.1. The Balaban J connectivity index is 1.51. The van der Waals surface area contributed by atoms with Gasteiger partial charge in [0.1, 0.15) is 18.0 Å². The Hall–Kier alpha value is -4.98. The quantitative estimate of drug-likeness (QED) is 0.280. The van der Waals surface area contributed by atoms with Crippen molar-refractivity contribution >= 4 is 34.7 Å². The van der Waals surface area contributed by atoms with Crippen molar-refractivity contribution in [2.75, 3.05) is 5.32 Å². The van der Waals surface area contributed by atoms with Gasteiger partial charge in [-0.25, -0.2) is 18.7 Å². The number of anilines is 1. The molecule has 1 aliphatic rings. The molecule has 0 fully saturated rings. The third kappa shape index (κ3) is 4.82. The molecule has 2 N–H and O–H groups in total. The topological polar surface area (TPSA) is 114 Å². The summed E-state index contributed by atoms with van der Waals surface area (Å²) in [6.45, 7) is 0. The molecule has 1 aliphatic heterocycles. The van der Waals surface area contributed by atoms with Crippen LogP contribution >= 0.6 is 11.6 Å². The number of benzene rings is 3. The molecule has 0 aliphatic carbocycles. The molecule has 3 heterocycles. The molecule has 0 radical (unpaired) electrons. The molecule has 1 unspecified atom stereocenters. The van der Waals surface area contributed by atoms with E-state index in [0.717, 1.165) is 12.1 Å². The maximum atomic E-state index is 14.2. The lowest BCUT2D eigenvalue weighted by Gasteiger charge is -2.19. The lowest BCUT2D eigenvalue weighted by Crippen LogP contribution is -2.21. The molecule has 206 valence electrons. The van der Waals surface area contributed by atoms with Gasteiger partial charge in [0, 0.05) is 38.5 Å². The molecule has 0 saturated heterocycles. The van der Waals surface area contributed by atoms with Gasteiger partial charge in [-0.1, -0.05) is 11.6 Å². The van der Waals surface area contributed by atoms with Gasteiger partial charge < -0.3 is 10.6 Å². The number of fused-ring (bicyclic) bond motifs is 2. The van der Waals surface area contributed by atoms with Gasteiger partial charge in [-0.3, -0.25) is 9.59 Å². The Morgan fingerprint density at radius 1 is 1.02 bits per heavy atom. The highest BCUT2D eigenvalue weighted by atomic mass is 35.5. The van der Waals surface area contributed by atoms with E-state index < -0.39 is 46.8 Å². The molecular formula is C26H13ClF5N7O2. The van der Waals surface area contributed by atoms with Crippen LogP contribution in [0.1, 0.15) is 43.4 Å². The van der Waals surface area contributed by atoms with Crippen LogP contribution in [0.4, 0.5) is 27.6 Å². The van der Waals surface area contributed by atoms with Gasteiger partial charge in [-0.2, -0.15) is 13.2 Å². The molecule has 9 nitrogen and oxygen atoms in total. The lowest BCUT2D eigenvalue weighted by molar-refractivity contribution is -0.137. The molecule has 15 heteroatoms. The molecule has 0 saturated carbocycles. The Morgan fingerprint density at radius 2 is 1.83 bits per heavy atom. The molecule has 2 amide bonds. The van der Waals surface area contributed by atoms with Crippen LogP contribution in [0.25, 0.3) is 17.0 Å². The van der Waals surface area contributed by atoms with E-state index in [4.69, 9.17) is 11.6 Å². The molecule has 0 bridgehead atoms. The average molecular weight is 586 g/mol. The first-order valence-electron chi connectivity index (χ1n) is 11.6. The second-order valence-electron chi connectivity index (χ2n) is 8.93. The zero-order valence-electron chi connectivity index (χ0n) is 20.2. The first-order valence-corrected chi connectivity index (χ1v) is 12.0. The minimum Gasteiger partial charge on any atom is -0.341 e. The first-order chi connectivity index (χ1) is 19.5. The van der Waals surface area contributed by atoms with Crippen molar-refractivity contribution in [2.45, 2.75) is 12.2 Å². The van der Waals surface area contributed by atoms with Crippen LogP contribution in [0.3, 0.4) is 0 Å². The molecule has 5 aromatic rings. The van der Waals surface area contributed by atoms with Crippen LogP contribution in [0.5, 0.6) is 0 Å². The lowest BCUT2D eigenvalue weighted by atomic mass is 9.94. The van der Waals surface area contributed by atoms with Gasteiger partial charge in [0.05, 0.1) is 17.8 Å². The van der Waals surface area contributed by atoms with Gasteiger partial charge in [0.25, 0.3) is 11.8 Å². The Morgan fingerprint density at radius 3 is 2.61 bits per heavy atom. The summed E-state index contributed by atoms with van der Waals surface area (Å²) in [7, 11) is 0. The fourth-order valence-corrected chi connectivity index (χ4v) is 4.71. The smallest absolute Gasteiger partial charge is 0.341 e. The normalized spacial score (nSPS) is 14.7. The van der Waals surface area contributed by atoms with Crippen molar-refractivity contribution in [2.24, 2.45) is 0 Å². The molecule has 3 aromatic carbocycles. The number of hydrogen-bond donors (Lipinski definition) is 2. The summed E-state index contributed by atoms with van der Waals surface area (Å²) < 4.78 is 69.3. The van der Waals surface area contributed by atoms with Crippen molar-refractivity contribution in [1.29, 1.82) is 0 Å². The molecule has 41 heavy (non-hydrogen) atoms. The molecule has 6 rings (SSSR count). The Kier molecular flexibility index (Phi) is 6.14. The number of hydrogen-bond acceptors (Lipinski definition) is 6. The SMILES string of the molecule is O=C(Nc1cc(-c2ncc3ncnn3n2)cc2c1C(c1cc(F)ccc1Cl)NC2=O)c1cc(F)cc(C(F)(F)F)c1. The Bertz CT molecular complexity index is 1890. The van der Waals surface area contributed by atoms with E-state index in [1.807, 2.05) is 0 Å². The number of alkyl halides is 3. The van der Waals surface area contributed by atoms with Gasteiger partial charge in [-0.05, 0) is 48.5 Å². The number of amides is 2. The van der Waals surface area contributed by atoms with Crippen LogP contribution in [0.15, 0.2) is 61.1 Å². The predicted molar refractivity (Wildman–Crippen MR) is 134 cm³/mol. The highest BCUT2D eigenvalue weighted by Gasteiger charge is 2.36. The highest BCUT2D eigenvalue weighted by molar-refractivity contribution is 6.31. The summed E-state index contributed by atoms with van der Waals surface area (Å²) >= 11 is 6.30. The van der Waals surface area contributed by atoms with E-state index in [0.29, 0.717) is 17.8 Å². The number of halogens is 6. The molecule has 2 aromatic heterocycles. The zero-order valence-corrected chi connectivity index (χ0v) is 20.9. The second kappa shape index (κ2) is 9.59. The average Bonchev–Trinajstić information content (AvgIpc) is 3.53. The maximum absolute atomic E-state index is 14.2. The van der Waals surface area contributed by atoms with Crippen LogP contribution in [-0.4, -0.2) is 36.6 Å². The maximum Gasteiger partial charge on any atom is 0.416 e. The number of aromatic nitrogens is 5. The number of carbonyl (C=O) groups is 2. The highest BCUT2D eigenvalue weighted by Crippen LogP contribution is 2.41. The third-order valence-corrected chi connectivity index (χ3v) is 6.64. The van der Waals surface area contributed by atoms with E-state index in [2.05, 4.69) is 30.8 Å². The fraction of sp³-hybridized carbons (Fsp3) is 0.0769. The van der Waals surface area contributed by atoms with Crippen LogP contribution in [0.2, 0.25) is 5.02 Å². The van der Waals surface area contributed by atoms with E-state index >= 15 is 0 Å². The van der Waals surface area contributed by atoms with Crippen molar-refractivity contribution in [3.63, 3.8) is 0 Å². The van der Waals surface area contributed by atoms with E-state index in [1.54, 1.807) is 0 Å². The monoisotopic (exact) mass is 585 g/mol. The summed E-state index contributed by atoms with van der Waals surface area (Å²) in [6, 6.07) is 6.65. The summed E-state index contributed by atoms with van der Waals surface area (Å²) in [6.07, 6.45) is -2.30. The third-order valence-electron chi connectivity index (χ3n) is 6.30. The molecule has 1 atom stereocenters. The van der Waals surface area contributed by atoms with Gasteiger partial charge in [0.15, 0.2) is 11.5 Å². The minimum absolute atomic E-state index is 0.0284. The Labute approximate surface area is 231 Å². The molecular weight excluding hydrogens is 573 g/mol. The van der Waals surface area contributed by atoms with Crippen molar-refractivity contribution in [1.82, 2.24) is 30.1 Å². The minimum atomic E-state index is -4.91. The van der Waals surface area contributed by atoms with Gasteiger partial charge in [0.2, 0.25) is 0 Å². The van der Waals surface area contributed by atoms with Crippen LogP contribution in [-0.2, 0) is 6.18 Å². The van der Waals surface area contributed by atoms with E-state index in [-0.39, 0.29) is 44.9 Å².